The van der Waals surface area contributed by atoms with E-state index in [0.29, 0.717) is 9.60 Å². The molecule has 1 heterocycles. The lowest BCUT2D eigenvalue weighted by atomic mass is 10.2. The average Bonchev–Trinajstić information content (AvgIpc) is 2.87. The molecule has 1 amide bonds. The SMILES string of the molecule is CCNC(C)c1csc(NC(=O)c2ccc(Br)cc2O)n1. The Labute approximate surface area is 135 Å². The normalized spacial score (nSPS) is 12.1. The van der Waals surface area contributed by atoms with Gasteiger partial charge in [-0.05, 0) is 31.7 Å². The van der Waals surface area contributed by atoms with Gasteiger partial charge in [-0.1, -0.05) is 22.9 Å². The maximum absolute atomic E-state index is 12.1. The minimum absolute atomic E-state index is 0.0697. The number of carbonyl (C=O) groups excluding carboxylic acids is 1. The Morgan fingerprint density at radius 2 is 2.29 bits per heavy atom. The minimum Gasteiger partial charge on any atom is -0.507 e. The number of nitrogens with one attached hydrogen (secondary N) is 2. The fourth-order valence-electron chi connectivity index (χ4n) is 1.81. The zero-order valence-corrected chi connectivity index (χ0v) is 14.1. The lowest BCUT2D eigenvalue weighted by Gasteiger charge is -2.08. The highest BCUT2D eigenvalue weighted by Gasteiger charge is 2.14. The van der Waals surface area contributed by atoms with Crippen molar-refractivity contribution in [3.63, 3.8) is 0 Å². The summed E-state index contributed by atoms with van der Waals surface area (Å²) in [6.07, 6.45) is 0. The van der Waals surface area contributed by atoms with Crippen LogP contribution in [0.2, 0.25) is 0 Å². The van der Waals surface area contributed by atoms with Crippen LogP contribution < -0.4 is 10.6 Å². The number of thiazole rings is 1. The Bertz CT molecular complexity index is 645. The van der Waals surface area contributed by atoms with Crippen molar-refractivity contribution in [3.05, 3.63) is 39.3 Å². The van der Waals surface area contributed by atoms with E-state index in [1.807, 2.05) is 19.2 Å². The van der Waals surface area contributed by atoms with Crippen molar-refractivity contribution in [3.8, 4) is 5.75 Å². The van der Waals surface area contributed by atoms with E-state index in [9.17, 15) is 9.90 Å². The molecular formula is C14H16BrN3O2S. The van der Waals surface area contributed by atoms with Gasteiger partial charge in [-0.15, -0.1) is 11.3 Å². The molecule has 2 aromatic rings. The molecule has 0 bridgehead atoms. The van der Waals surface area contributed by atoms with Crippen LogP contribution in [0.5, 0.6) is 5.75 Å². The molecule has 0 radical (unpaired) electrons. The molecule has 2 rings (SSSR count). The smallest absolute Gasteiger partial charge is 0.261 e. The van der Waals surface area contributed by atoms with E-state index in [1.165, 1.54) is 17.4 Å². The van der Waals surface area contributed by atoms with Crippen LogP contribution >= 0.6 is 27.3 Å². The molecule has 0 saturated carbocycles. The van der Waals surface area contributed by atoms with Crippen molar-refractivity contribution >= 4 is 38.3 Å². The van der Waals surface area contributed by atoms with Crippen LogP contribution in [0, 0.1) is 0 Å². The molecule has 1 aromatic heterocycles. The van der Waals surface area contributed by atoms with E-state index in [4.69, 9.17) is 0 Å². The summed E-state index contributed by atoms with van der Waals surface area (Å²) in [7, 11) is 0. The Morgan fingerprint density at radius 1 is 1.52 bits per heavy atom. The second-order valence-corrected chi connectivity index (χ2v) is 6.25. The number of anilines is 1. The van der Waals surface area contributed by atoms with Gasteiger partial charge in [0.15, 0.2) is 5.13 Å². The van der Waals surface area contributed by atoms with Crippen molar-refractivity contribution in [2.24, 2.45) is 0 Å². The first-order chi connectivity index (χ1) is 10.0. The molecule has 112 valence electrons. The van der Waals surface area contributed by atoms with Gasteiger partial charge in [0.05, 0.1) is 11.3 Å². The summed E-state index contributed by atoms with van der Waals surface area (Å²) in [6, 6.07) is 4.88. The number of phenolic OH excluding ortho intramolecular Hbond substituents is 1. The van der Waals surface area contributed by atoms with Crippen LogP contribution in [0.15, 0.2) is 28.1 Å². The lowest BCUT2D eigenvalue weighted by molar-refractivity contribution is 0.102. The highest BCUT2D eigenvalue weighted by Crippen LogP contribution is 2.25. The standard InChI is InChI=1S/C14H16BrN3O2S/c1-3-16-8(2)11-7-21-14(17-11)18-13(20)10-5-4-9(15)6-12(10)19/h4-8,16,19H,3H2,1-2H3,(H,17,18,20). The zero-order chi connectivity index (χ0) is 15.4. The van der Waals surface area contributed by atoms with E-state index in [1.54, 1.807) is 12.1 Å². The first-order valence-corrected chi connectivity index (χ1v) is 8.17. The maximum atomic E-state index is 12.1. The third kappa shape index (κ3) is 4.03. The van der Waals surface area contributed by atoms with Crippen molar-refractivity contribution in [1.82, 2.24) is 10.3 Å². The zero-order valence-electron chi connectivity index (χ0n) is 11.7. The molecule has 0 aliphatic carbocycles. The van der Waals surface area contributed by atoms with Gasteiger partial charge in [0.1, 0.15) is 5.75 Å². The van der Waals surface area contributed by atoms with Crippen LogP contribution in [0.3, 0.4) is 0 Å². The predicted molar refractivity (Wildman–Crippen MR) is 88.0 cm³/mol. The van der Waals surface area contributed by atoms with E-state index in [0.717, 1.165) is 12.2 Å². The number of hydrogen-bond donors (Lipinski definition) is 3. The topological polar surface area (TPSA) is 74.2 Å². The molecular weight excluding hydrogens is 354 g/mol. The monoisotopic (exact) mass is 369 g/mol. The Balaban J connectivity index is 2.09. The third-order valence-corrected chi connectivity index (χ3v) is 4.17. The van der Waals surface area contributed by atoms with Crippen molar-refractivity contribution < 1.29 is 9.90 Å². The summed E-state index contributed by atoms with van der Waals surface area (Å²) >= 11 is 4.60. The van der Waals surface area contributed by atoms with Gasteiger partial charge >= 0.3 is 0 Å². The minimum atomic E-state index is -0.378. The molecule has 0 aliphatic rings. The van der Waals surface area contributed by atoms with E-state index < -0.39 is 0 Å². The molecule has 1 atom stereocenters. The molecule has 21 heavy (non-hydrogen) atoms. The van der Waals surface area contributed by atoms with Crippen LogP contribution in [-0.4, -0.2) is 22.5 Å². The van der Waals surface area contributed by atoms with Crippen molar-refractivity contribution in [1.29, 1.82) is 0 Å². The van der Waals surface area contributed by atoms with Crippen LogP contribution in [-0.2, 0) is 0 Å². The van der Waals surface area contributed by atoms with Crippen molar-refractivity contribution in [2.45, 2.75) is 19.9 Å². The molecule has 5 nitrogen and oxygen atoms in total. The second-order valence-electron chi connectivity index (χ2n) is 4.47. The van der Waals surface area contributed by atoms with E-state index >= 15 is 0 Å². The fraction of sp³-hybridized carbons (Fsp3) is 0.286. The Hall–Kier alpha value is -1.44. The van der Waals surface area contributed by atoms with Gasteiger partial charge in [0, 0.05) is 15.9 Å². The highest BCUT2D eigenvalue weighted by molar-refractivity contribution is 9.10. The number of carbonyl (C=O) groups is 1. The maximum Gasteiger partial charge on any atom is 0.261 e. The quantitative estimate of drug-likeness (QED) is 0.753. The summed E-state index contributed by atoms with van der Waals surface area (Å²) in [5.74, 6) is -0.448. The molecule has 0 fully saturated rings. The Morgan fingerprint density at radius 3 is 2.95 bits per heavy atom. The molecule has 1 unspecified atom stereocenters. The largest absolute Gasteiger partial charge is 0.507 e. The number of aromatic hydroxyl groups is 1. The number of aromatic nitrogens is 1. The van der Waals surface area contributed by atoms with Crippen LogP contribution in [0.4, 0.5) is 5.13 Å². The molecule has 0 spiro atoms. The first kappa shape index (κ1) is 15.9. The number of benzene rings is 1. The molecule has 0 saturated heterocycles. The number of hydrogen-bond acceptors (Lipinski definition) is 5. The summed E-state index contributed by atoms with van der Waals surface area (Å²) < 4.78 is 0.715. The summed E-state index contributed by atoms with van der Waals surface area (Å²) in [4.78, 5) is 16.5. The van der Waals surface area contributed by atoms with Crippen LogP contribution in [0.1, 0.15) is 35.9 Å². The van der Waals surface area contributed by atoms with Crippen LogP contribution in [0.25, 0.3) is 0 Å². The number of halogens is 1. The summed E-state index contributed by atoms with van der Waals surface area (Å²) in [5.41, 5.74) is 1.10. The molecule has 7 heteroatoms. The molecule has 3 N–H and O–H groups in total. The number of phenols is 1. The summed E-state index contributed by atoms with van der Waals surface area (Å²) in [5, 5.41) is 18.2. The van der Waals surface area contributed by atoms with Gasteiger partial charge in [-0.25, -0.2) is 4.98 Å². The second kappa shape index (κ2) is 7.02. The highest BCUT2D eigenvalue weighted by atomic mass is 79.9. The fourth-order valence-corrected chi connectivity index (χ4v) is 2.96. The Kier molecular flexibility index (Phi) is 5.33. The molecule has 0 aliphatic heterocycles. The van der Waals surface area contributed by atoms with Gasteiger partial charge in [-0.3, -0.25) is 10.1 Å². The van der Waals surface area contributed by atoms with E-state index in [2.05, 4.69) is 31.5 Å². The average molecular weight is 370 g/mol. The lowest BCUT2D eigenvalue weighted by Crippen LogP contribution is -2.18. The van der Waals surface area contributed by atoms with E-state index in [-0.39, 0.29) is 23.3 Å². The first-order valence-electron chi connectivity index (χ1n) is 6.50. The number of amides is 1. The predicted octanol–water partition coefficient (Wildman–Crippen LogP) is 3.53. The number of rotatable bonds is 5. The van der Waals surface area contributed by atoms with Crippen molar-refractivity contribution in [2.75, 3.05) is 11.9 Å². The third-order valence-electron chi connectivity index (χ3n) is 2.90. The van der Waals surface area contributed by atoms with Gasteiger partial charge < -0.3 is 10.4 Å². The van der Waals surface area contributed by atoms with Gasteiger partial charge in [0.2, 0.25) is 0 Å². The van der Waals surface area contributed by atoms with Gasteiger partial charge in [0.25, 0.3) is 5.91 Å². The molecule has 1 aromatic carbocycles. The summed E-state index contributed by atoms with van der Waals surface area (Å²) in [6.45, 7) is 4.90. The number of nitrogens with zero attached hydrogens (tertiary/aromatic N) is 1. The van der Waals surface area contributed by atoms with Gasteiger partial charge in [-0.2, -0.15) is 0 Å².